The maximum absolute atomic E-state index is 12.3. The molecule has 1 aromatic carbocycles. The van der Waals surface area contributed by atoms with Crippen molar-refractivity contribution in [2.75, 3.05) is 19.6 Å². The van der Waals surface area contributed by atoms with Crippen LogP contribution >= 0.6 is 0 Å². The third-order valence-corrected chi connectivity index (χ3v) is 5.26. The van der Waals surface area contributed by atoms with Crippen LogP contribution in [-0.4, -0.2) is 50.5 Å². The Labute approximate surface area is 164 Å². The number of nitrogens with one attached hydrogen (secondary N) is 2. The summed E-state index contributed by atoms with van der Waals surface area (Å²) in [5.41, 5.74) is 3.53. The first-order chi connectivity index (χ1) is 13.8. The summed E-state index contributed by atoms with van der Waals surface area (Å²) in [5.74, 6) is 0.411. The monoisotopic (exact) mass is 378 g/mol. The summed E-state index contributed by atoms with van der Waals surface area (Å²) < 4.78 is 1.82. The van der Waals surface area contributed by atoms with Crippen molar-refractivity contribution in [1.82, 2.24) is 30.2 Å². The molecule has 28 heavy (non-hydrogen) atoms. The van der Waals surface area contributed by atoms with Gasteiger partial charge in [-0.25, -0.2) is 4.79 Å². The second-order valence-electron chi connectivity index (χ2n) is 7.24. The Bertz CT molecular complexity index is 865. The lowest BCUT2D eigenvalue weighted by atomic mass is 9.93. The summed E-state index contributed by atoms with van der Waals surface area (Å²) in [4.78, 5) is 14.2. The molecule has 1 aliphatic rings. The van der Waals surface area contributed by atoms with Gasteiger partial charge in [0.1, 0.15) is 0 Å². The predicted octanol–water partition coefficient (Wildman–Crippen LogP) is 2.79. The Morgan fingerprint density at radius 3 is 2.75 bits per heavy atom. The lowest BCUT2D eigenvalue weighted by Crippen LogP contribution is -2.44. The van der Waals surface area contributed by atoms with Crippen molar-refractivity contribution in [2.24, 2.45) is 0 Å². The molecule has 0 unspecified atom stereocenters. The first-order valence-electron chi connectivity index (χ1n) is 9.86. The average Bonchev–Trinajstić information content (AvgIpc) is 3.41. The van der Waals surface area contributed by atoms with Gasteiger partial charge in [-0.1, -0.05) is 30.3 Å². The van der Waals surface area contributed by atoms with E-state index in [9.17, 15) is 4.79 Å². The standard InChI is InChI=1S/C21H26N6O/c28-21(22-10-14-27-11-4-9-23-27)26-12-7-18(8-13-26)20-16-19(24-25-20)15-17-5-2-1-3-6-17/h1-6,9,11,16,18H,7-8,10,12-15H2,(H,22,28)(H,24,25). The molecule has 1 saturated heterocycles. The number of nitrogens with zero attached hydrogens (tertiary/aromatic N) is 4. The van der Waals surface area contributed by atoms with Gasteiger partial charge in [0.25, 0.3) is 0 Å². The lowest BCUT2D eigenvalue weighted by molar-refractivity contribution is 0.180. The molecule has 3 aromatic rings. The first kappa shape index (κ1) is 18.3. The minimum absolute atomic E-state index is 0.0115. The molecule has 3 heterocycles. The first-order valence-corrected chi connectivity index (χ1v) is 9.86. The minimum atomic E-state index is 0.0115. The molecular weight excluding hydrogens is 352 g/mol. The van der Waals surface area contributed by atoms with E-state index in [1.165, 1.54) is 5.56 Å². The van der Waals surface area contributed by atoms with Gasteiger partial charge in [0.2, 0.25) is 0 Å². The quantitative estimate of drug-likeness (QED) is 0.692. The smallest absolute Gasteiger partial charge is 0.317 e. The van der Waals surface area contributed by atoms with Crippen LogP contribution in [0.5, 0.6) is 0 Å². The van der Waals surface area contributed by atoms with E-state index in [0.29, 0.717) is 19.0 Å². The van der Waals surface area contributed by atoms with Crippen molar-refractivity contribution in [3.63, 3.8) is 0 Å². The van der Waals surface area contributed by atoms with Gasteiger partial charge in [0.15, 0.2) is 0 Å². The van der Waals surface area contributed by atoms with Crippen LogP contribution < -0.4 is 5.32 Å². The molecule has 1 aliphatic heterocycles. The van der Waals surface area contributed by atoms with E-state index < -0.39 is 0 Å². The van der Waals surface area contributed by atoms with E-state index in [4.69, 9.17) is 0 Å². The van der Waals surface area contributed by atoms with E-state index in [-0.39, 0.29) is 6.03 Å². The van der Waals surface area contributed by atoms with E-state index in [2.05, 4.69) is 50.9 Å². The molecule has 2 amide bonds. The van der Waals surface area contributed by atoms with Gasteiger partial charge < -0.3 is 10.2 Å². The number of benzene rings is 1. The normalized spacial score (nSPS) is 14.9. The number of urea groups is 1. The minimum Gasteiger partial charge on any atom is -0.336 e. The number of H-pyrrole nitrogens is 1. The third-order valence-electron chi connectivity index (χ3n) is 5.26. The summed E-state index contributed by atoms with van der Waals surface area (Å²) in [5, 5.41) is 14.8. The van der Waals surface area contributed by atoms with Crippen LogP contribution in [0.25, 0.3) is 0 Å². The molecule has 0 atom stereocenters. The van der Waals surface area contributed by atoms with Crippen LogP contribution in [0.4, 0.5) is 4.79 Å². The lowest BCUT2D eigenvalue weighted by Gasteiger charge is -2.31. The molecule has 4 rings (SSSR count). The molecule has 0 saturated carbocycles. The SMILES string of the molecule is O=C(NCCn1cccn1)N1CCC(c2cc(Cc3ccccc3)[nH]n2)CC1. The zero-order valence-electron chi connectivity index (χ0n) is 15.9. The van der Waals surface area contributed by atoms with Crippen molar-refractivity contribution in [2.45, 2.75) is 31.7 Å². The van der Waals surface area contributed by atoms with E-state index in [1.54, 1.807) is 6.20 Å². The maximum atomic E-state index is 12.3. The fourth-order valence-corrected chi connectivity index (χ4v) is 3.70. The molecule has 1 fully saturated rings. The molecular formula is C21H26N6O. The number of hydrogen-bond donors (Lipinski definition) is 2. The van der Waals surface area contributed by atoms with Crippen LogP contribution in [-0.2, 0) is 13.0 Å². The number of aromatic amines is 1. The van der Waals surface area contributed by atoms with Crippen molar-refractivity contribution in [3.05, 3.63) is 71.8 Å². The number of rotatable bonds is 6. The Kier molecular flexibility index (Phi) is 5.70. The Hall–Kier alpha value is -3.09. The van der Waals surface area contributed by atoms with Crippen LogP contribution in [0.3, 0.4) is 0 Å². The fraction of sp³-hybridized carbons (Fsp3) is 0.381. The number of amides is 2. The molecule has 2 aromatic heterocycles. The number of carbonyl (C=O) groups excluding carboxylic acids is 1. The molecule has 0 spiro atoms. The summed E-state index contributed by atoms with van der Waals surface area (Å²) in [6, 6.07) is 14.5. The topological polar surface area (TPSA) is 78.8 Å². The highest BCUT2D eigenvalue weighted by atomic mass is 16.2. The van der Waals surface area contributed by atoms with Gasteiger partial charge in [-0.05, 0) is 30.5 Å². The molecule has 0 bridgehead atoms. The second kappa shape index (κ2) is 8.73. The maximum Gasteiger partial charge on any atom is 0.317 e. The fourth-order valence-electron chi connectivity index (χ4n) is 3.70. The zero-order valence-corrected chi connectivity index (χ0v) is 15.9. The highest BCUT2D eigenvalue weighted by Crippen LogP contribution is 2.27. The van der Waals surface area contributed by atoms with Crippen molar-refractivity contribution in [3.8, 4) is 0 Å². The Balaban J connectivity index is 1.23. The van der Waals surface area contributed by atoms with Crippen molar-refractivity contribution in [1.29, 1.82) is 0 Å². The van der Waals surface area contributed by atoms with Gasteiger partial charge in [-0.15, -0.1) is 0 Å². The van der Waals surface area contributed by atoms with Crippen molar-refractivity contribution < 1.29 is 4.79 Å². The summed E-state index contributed by atoms with van der Waals surface area (Å²) in [6.07, 6.45) is 6.40. The Morgan fingerprint density at radius 1 is 1.18 bits per heavy atom. The van der Waals surface area contributed by atoms with Gasteiger partial charge in [0, 0.05) is 50.1 Å². The van der Waals surface area contributed by atoms with E-state index in [0.717, 1.165) is 43.7 Å². The molecule has 2 N–H and O–H groups in total. The number of piperidine rings is 1. The summed E-state index contributed by atoms with van der Waals surface area (Å²) in [6.45, 7) is 2.80. The average molecular weight is 378 g/mol. The number of likely N-dealkylation sites (tertiary alicyclic amines) is 1. The van der Waals surface area contributed by atoms with Gasteiger partial charge in [-0.2, -0.15) is 10.2 Å². The highest BCUT2D eigenvalue weighted by molar-refractivity contribution is 5.74. The molecule has 0 radical (unpaired) electrons. The number of carbonyl (C=O) groups is 1. The van der Waals surface area contributed by atoms with Crippen LogP contribution in [0.1, 0.15) is 35.7 Å². The van der Waals surface area contributed by atoms with Gasteiger partial charge in [-0.3, -0.25) is 9.78 Å². The number of aromatic nitrogens is 4. The van der Waals surface area contributed by atoms with E-state index in [1.807, 2.05) is 27.9 Å². The van der Waals surface area contributed by atoms with Crippen LogP contribution in [0.15, 0.2) is 54.9 Å². The third kappa shape index (κ3) is 4.60. The molecule has 7 nitrogen and oxygen atoms in total. The van der Waals surface area contributed by atoms with Gasteiger partial charge in [0.05, 0.1) is 12.2 Å². The number of hydrogen-bond acceptors (Lipinski definition) is 3. The van der Waals surface area contributed by atoms with Gasteiger partial charge >= 0.3 is 6.03 Å². The van der Waals surface area contributed by atoms with Crippen molar-refractivity contribution >= 4 is 6.03 Å². The zero-order chi connectivity index (χ0) is 19.2. The molecule has 7 heteroatoms. The van der Waals surface area contributed by atoms with Crippen LogP contribution in [0.2, 0.25) is 0 Å². The Morgan fingerprint density at radius 2 is 2.00 bits per heavy atom. The van der Waals surface area contributed by atoms with Crippen LogP contribution in [0, 0.1) is 0 Å². The second-order valence-corrected chi connectivity index (χ2v) is 7.24. The highest BCUT2D eigenvalue weighted by Gasteiger charge is 2.25. The summed E-state index contributed by atoms with van der Waals surface area (Å²) in [7, 11) is 0. The largest absolute Gasteiger partial charge is 0.336 e. The molecule has 146 valence electrons. The summed E-state index contributed by atoms with van der Waals surface area (Å²) >= 11 is 0. The van der Waals surface area contributed by atoms with E-state index >= 15 is 0 Å². The predicted molar refractivity (Wildman–Crippen MR) is 107 cm³/mol. The molecule has 0 aliphatic carbocycles.